The number of nitrogens with two attached hydrogens (primary N) is 2. The number of anilines is 1. The highest BCUT2D eigenvalue weighted by atomic mass is 32.2. The fourth-order valence-corrected chi connectivity index (χ4v) is 3.54. The SMILES string of the molecule is Cc1nc(N)sc1SCC(N)c1ccccc1. The summed E-state index contributed by atoms with van der Waals surface area (Å²) in [5, 5.41) is 0.623. The average molecular weight is 265 g/mol. The molecule has 5 heteroatoms. The number of benzene rings is 1. The van der Waals surface area contributed by atoms with Crippen LogP contribution in [-0.4, -0.2) is 10.7 Å². The van der Waals surface area contributed by atoms with Crippen molar-refractivity contribution in [3.05, 3.63) is 41.6 Å². The van der Waals surface area contributed by atoms with Crippen molar-refractivity contribution in [3.63, 3.8) is 0 Å². The Morgan fingerprint density at radius 3 is 2.65 bits per heavy atom. The topological polar surface area (TPSA) is 64.9 Å². The molecule has 1 aromatic carbocycles. The van der Waals surface area contributed by atoms with Gasteiger partial charge in [0.15, 0.2) is 5.13 Å². The third-order valence-corrected chi connectivity index (χ3v) is 4.86. The first-order valence-electron chi connectivity index (χ1n) is 5.33. The number of hydrogen-bond acceptors (Lipinski definition) is 5. The summed E-state index contributed by atoms with van der Waals surface area (Å²) in [5.74, 6) is 0.840. The summed E-state index contributed by atoms with van der Waals surface area (Å²) < 4.78 is 1.16. The Morgan fingerprint density at radius 1 is 1.35 bits per heavy atom. The van der Waals surface area contributed by atoms with Crippen molar-refractivity contribution in [1.82, 2.24) is 4.98 Å². The standard InChI is InChI=1S/C12H15N3S2/c1-8-11(17-12(14)15-8)16-7-10(13)9-5-3-2-4-6-9/h2-6,10H,7,13H2,1H3,(H2,14,15). The van der Waals surface area contributed by atoms with Gasteiger partial charge in [-0.15, -0.1) is 11.8 Å². The van der Waals surface area contributed by atoms with E-state index in [-0.39, 0.29) is 6.04 Å². The minimum atomic E-state index is 0.0453. The second-order valence-electron chi connectivity index (χ2n) is 3.75. The van der Waals surface area contributed by atoms with Crippen molar-refractivity contribution in [3.8, 4) is 0 Å². The van der Waals surface area contributed by atoms with Crippen LogP contribution in [0.3, 0.4) is 0 Å². The zero-order valence-electron chi connectivity index (χ0n) is 9.59. The van der Waals surface area contributed by atoms with Crippen LogP contribution < -0.4 is 11.5 Å². The van der Waals surface area contributed by atoms with Crippen molar-refractivity contribution < 1.29 is 0 Å². The smallest absolute Gasteiger partial charge is 0.181 e. The Labute approximate surface area is 109 Å². The molecule has 0 saturated carbocycles. The molecule has 0 spiro atoms. The van der Waals surface area contributed by atoms with Crippen molar-refractivity contribution >= 4 is 28.2 Å². The van der Waals surface area contributed by atoms with E-state index in [0.29, 0.717) is 5.13 Å². The minimum absolute atomic E-state index is 0.0453. The van der Waals surface area contributed by atoms with E-state index in [1.807, 2.05) is 25.1 Å². The lowest BCUT2D eigenvalue weighted by Crippen LogP contribution is -2.12. The van der Waals surface area contributed by atoms with Gasteiger partial charge in [-0.05, 0) is 12.5 Å². The van der Waals surface area contributed by atoms with Crippen molar-refractivity contribution in [2.24, 2.45) is 5.73 Å². The van der Waals surface area contributed by atoms with Gasteiger partial charge in [-0.3, -0.25) is 0 Å². The Bertz CT molecular complexity index is 482. The minimum Gasteiger partial charge on any atom is -0.375 e. The number of thiazole rings is 1. The zero-order chi connectivity index (χ0) is 12.3. The molecule has 1 atom stereocenters. The van der Waals surface area contributed by atoms with E-state index < -0.39 is 0 Å². The first-order chi connectivity index (χ1) is 8.16. The summed E-state index contributed by atoms with van der Waals surface area (Å²) >= 11 is 3.25. The molecule has 0 aliphatic rings. The van der Waals surface area contributed by atoms with Gasteiger partial charge in [-0.1, -0.05) is 41.7 Å². The molecule has 2 rings (SSSR count). The number of hydrogen-bond donors (Lipinski definition) is 2. The van der Waals surface area contributed by atoms with E-state index in [1.165, 1.54) is 11.3 Å². The molecule has 0 bridgehead atoms. The summed E-state index contributed by atoms with van der Waals surface area (Å²) in [6.07, 6.45) is 0. The normalized spacial score (nSPS) is 12.6. The van der Waals surface area contributed by atoms with Crippen LogP contribution in [0.4, 0.5) is 5.13 Å². The molecule has 0 saturated heterocycles. The van der Waals surface area contributed by atoms with Crippen LogP contribution in [0, 0.1) is 6.92 Å². The van der Waals surface area contributed by atoms with E-state index in [9.17, 15) is 0 Å². The molecule has 1 heterocycles. The number of thioether (sulfide) groups is 1. The van der Waals surface area contributed by atoms with Gasteiger partial charge in [0.05, 0.1) is 9.90 Å². The maximum Gasteiger partial charge on any atom is 0.181 e. The first-order valence-corrected chi connectivity index (χ1v) is 7.13. The van der Waals surface area contributed by atoms with Crippen LogP contribution in [0.2, 0.25) is 0 Å². The average Bonchev–Trinajstić information content (AvgIpc) is 2.66. The van der Waals surface area contributed by atoms with Gasteiger partial charge in [-0.2, -0.15) is 0 Å². The molecule has 1 aromatic heterocycles. The van der Waals surface area contributed by atoms with Crippen LogP contribution in [0.5, 0.6) is 0 Å². The lowest BCUT2D eigenvalue weighted by Gasteiger charge is -2.10. The summed E-state index contributed by atoms with van der Waals surface area (Å²) in [6.45, 7) is 1.98. The Morgan fingerprint density at radius 2 is 2.06 bits per heavy atom. The van der Waals surface area contributed by atoms with Crippen LogP contribution >= 0.6 is 23.1 Å². The monoisotopic (exact) mass is 265 g/mol. The predicted molar refractivity (Wildman–Crippen MR) is 75.4 cm³/mol. The summed E-state index contributed by atoms with van der Waals surface area (Å²) in [4.78, 5) is 4.20. The predicted octanol–water partition coefficient (Wildman–Crippen LogP) is 2.83. The van der Waals surface area contributed by atoms with Gasteiger partial charge in [0, 0.05) is 11.8 Å². The highest BCUT2D eigenvalue weighted by Crippen LogP contribution is 2.32. The van der Waals surface area contributed by atoms with Gasteiger partial charge >= 0.3 is 0 Å². The highest BCUT2D eigenvalue weighted by molar-refractivity contribution is 8.01. The molecule has 0 aliphatic heterocycles. The Kier molecular flexibility index (Phi) is 4.04. The number of aromatic nitrogens is 1. The van der Waals surface area contributed by atoms with Gasteiger partial charge in [0.2, 0.25) is 0 Å². The number of nitrogen functional groups attached to an aromatic ring is 1. The molecule has 17 heavy (non-hydrogen) atoms. The van der Waals surface area contributed by atoms with Crippen molar-refractivity contribution in [1.29, 1.82) is 0 Å². The third-order valence-electron chi connectivity index (χ3n) is 2.39. The Balaban J connectivity index is 1.97. The van der Waals surface area contributed by atoms with Gasteiger partial charge in [0.1, 0.15) is 0 Å². The summed E-state index contributed by atoms with van der Waals surface area (Å²) in [5.41, 5.74) is 14.0. The van der Waals surface area contributed by atoms with Crippen LogP contribution in [0.1, 0.15) is 17.3 Å². The van der Waals surface area contributed by atoms with Gasteiger partial charge in [-0.25, -0.2) is 4.98 Å². The number of aryl methyl sites for hydroxylation is 1. The van der Waals surface area contributed by atoms with Gasteiger partial charge < -0.3 is 11.5 Å². The lowest BCUT2D eigenvalue weighted by atomic mass is 10.1. The van der Waals surface area contributed by atoms with Crippen molar-refractivity contribution in [2.75, 3.05) is 11.5 Å². The molecular formula is C12H15N3S2. The molecule has 3 nitrogen and oxygen atoms in total. The fraction of sp³-hybridized carbons (Fsp3) is 0.250. The molecular weight excluding hydrogens is 250 g/mol. The lowest BCUT2D eigenvalue weighted by molar-refractivity contribution is 0.831. The van der Waals surface area contributed by atoms with Gasteiger partial charge in [0.25, 0.3) is 0 Å². The maximum absolute atomic E-state index is 6.13. The first kappa shape index (κ1) is 12.4. The molecule has 0 aliphatic carbocycles. The number of nitrogens with zero attached hydrogens (tertiary/aromatic N) is 1. The van der Waals surface area contributed by atoms with E-state index in [2.05, 4.69) is 17.1 Å². The molecule has 0 radical (unpaired) electrons. The van der Waals surface area contributed by atoms with Crippen molar-refractivity contribution in [2.45, 2.75) is 17.2 Å². The highest BCUT2D eigenvalue weighted by Gasteiger charge is 2.10. The molecule has 0 amide bonds. The Hall–Kier alpha value is -1.04. The fourth-order valence-electron chi connectivity index (χ4n) is 1.50. The second-order valence-corrected chi connectivity index (χ2v) is 6.07. The van der Waals surface area contributed by atoms with E-state index in [4.69, 9.17) is 11.5 Å². The maximum atomic E-state index is 6.13. The van der Waals surface area contributed by atoms with E-state index >= 15 is 0 Å². The van der Waals surface area contributed by atoms with E-state index in [1.54, 1.807) is 11.8 Å². The zero-order valence-corrected chi connectivity index (χ0v) is 11.2. The van der Waals surface area contributed by atoms with Crippen LogP contribution in [0.15, 0.2) is 34.5 Å². The van der Waals surface area contributed by atoms with E-state index in [0.717, 1.165) is 21.2 Å². The number of rotatable bonds is 4. The molecule has 4 N–H and O–H groups in total. The third kappa shape index (κ3) is 3.21. The quantitative estimate of drug-likeness (QED) is 0.834. The van der Waals surface area contributed by atoms with Crippen LogP contribution in [0.25, 0.3) is 0 Å². The summed E-state index contributed by atoms with van der Waals surface area (Å²) in [6, 6.07) is 10.2. The second kappa shape index (κ2) is 5.53. The largest absolute Gasteiger partial charge is 0.375 e. The molecule has 2 aromatic rings. The molecule has 0 fully saturated rings. The molecule has 90 valence electrons. The molecule has 1 unspecified atom stereocenters. The summed E-state index contributed by atoms with van der Waals surface area (Å²) in [7, 11) is 0. The van der Waals surface area contributed by atoms with Crippen LogP contribution in [-0.2, 0) is 0 Å².